The van der Waals surface area contributed by atoms with Gasteiger partial charge in [0.2, 0.25) is 0 Å². The summed E-state index contributed by atoms with van der Waals surface area (Å²) in [6.45, 7) is 4.54. The normalized spacial score (nSPS) is 27.6. The largest absolute Gasteiger partial charge is 0.301 e. The number of carbonyl (C=O) groups is 1. The third-order valence-corrected chi connectivity index (χ3v) is 3.67. The number of ketones is 1. The molecule has 1 atom stereocenters. The first kappa shape index (κ1) is 10.2. The summed E-state index contributed by atoms with van der Waals surface area (Å²) in [5, 5.41) is 0. The van der Waals surface area contributed by atoms with Crippen molar-refractivity contribution in [1.82, 2.24) is 4.90 Å². The quantitative estimate of drug-likeness (QED) is 0.670. The van der Waals surface area contributed by atoms with Gasteiger partial charge in [0.05, 0.1) is 0 Å². The van der Waals surface area contributed by atoms with Gasteiger partial charge in [-0.15, -0.1) is 0 Å². The Hall–Kier alpha value is -0.370. The van der Waals surface area contributed by atoms with E-state index in [4.69, 9.17) is 0 Å². The number of Topliss-reactive ketones (excluding diaryl/α,β-unsaturated/α-hetero) is 1. The lowest BCUT2D eigenvalue weighted by Gasteiger charge is -2.21. The molecule has 80 valence electrons. The van der Waals surface area contributed by atoms with Crippen LogP contribution in [0.15, 0.2) is 0 Å². The summed E-state index contributed by atoms with van der Waals surface area (Å²) < 4.78 is 0. The zero-order chi connectivity index (χ0) is 9.97. The minimum Gasteiger partial charge on any atom is -0.301 e. The molecule has 2 nitrogen and oxygen atoms in total. The van der Waals surface area contributed by atoms with Gasteiger partial charge in [-0.25, -0.2) is 0 Å². The zero-order valence-corrected chi connectivity index (χ0v) is 9.17. The fourth-order valence-electron chi connectivity index (χ4n) is 2.55. The van der Waals surface area contributed by atoms with Gasteiger partial charge in [-0.2, -0.15) is 0 Å². The number of hydrogen-bond donors (Lipinski definition) is 0. The summed E-state index contributed by atoms with van der Waals surface area (Å²) in [4.78, 5) is 14.0. The fourth-order valence-corrected chi connectivity index (χ4v) is 2.55. The highest BCUT2D eigenvalue weighted by Gasteiger charge is 2.30. The lowest BCUT2D eigenvalue weighted by Crippen LogP contribution is -2.28. The molecule has 2 heteroatoms. The second-order valence-electron chi connectivity index (χ2n) is 4.70. The van der Waals surface area contributed by atoms with Crippen LogP contribution >= 0.6 is 0 Å². The van der Waals surface area contributed by atoms with Crippen molar-refractivity contribution in [2.45, 2.75) is 51.5 Å². The van der Waals surface area contributed by atoms with Crippen LogP contribution in [-0.4, -0.2) is 29.8 Å². The van der Waals surface area contributed by atoms with E-state index >= 15 is 0 Å². The summed E-state index contributed by atoms with van der Waals surface area (Å²) in [7, 11) is 0. The highest BCUT2D eigenvalue weighted by atomic mass is 16.1. The highest BCUT2D eigenvalue weighted by molar-refractivity contribution is 5.82. The van der Waals surface area contributed by atoms with Crippen molar-refractivity contribution in [3.05, 3.63) is 0 Å². The molecule has 0 heterocycles. The van der Waals surface area contributed by atoms with Gasteiger partial charge in [0.1, 0.15) is 5.78 Å². The Balaban J connectivity index is 1.72. The molecule has 2 rings (SSSR count). The van der Waals surface area contributed by atoms with E-state index in [9.17, 15) is 4.79 Å². The molecule has 0 aromatic rings. The summed E-state index contributed by atoms with van der Waals surface area (Å²) in [5.74, 6) is 0.930. The van der Waals surface area contributed by atoms with Gasteiger partial charge in [0.15, 0.2) is 0 Å². The van der Waals surface area contributed by atoms with Gasteiger partial charge < -0.3 is 4.90 Å². The third-order valence-electron chi connectivity index (χ3n) is 3.67. The van der Waals surface area contributed by atoms with E-state index in [0.29, 0.717) is 11.7 Å². The SMILES string of the molecule is CCN(CCC1CCCC1=O)C1CC1. The average Bonchev–Trinajstić information content (AvgIpc) is 2.93. The van der Waals surface area contributed by atoms with E-state index in [1.165, 1.54) is 12.8 Å². The molecular formula is C12H21NO. The number of rotatable bonds is 5. The standard InChI is InChI=1S/C12H21NO/c1-2-13(11-6-7-11)9-8-10-4-3-5-12(10)14/h10-11H,2-9H2,1H3. The Kier molecular flexibility index (Phi) is 3.22. The molecular weight excluding hydrogens is 174 g/mol. The molecule has 1 unspecified atom stereocenters. The van der Waals surface area contributed by atoms with Crippen molar-refractivity contribution in [2.75, 3.05) is 13.1 Å². The predicted octanol–water partition coefficient (Wildman–Crippen LogP) is 2.23. The molecule has 2 saturated carbocycles. The Morgan fingerprint density at radius 2 is 2.14 bits per heavy atom. The van der Waals surface area contributed by atoms with Crippen molar-refractivity contribution >= 4 is 5.78 Å². The van der Waals surface area contributed by atoms with Gasteiger partial charge in [-0.3, -0.25) is 4.79 Å². The van der Waals surface area contributed by atoms with E-state index in [2.05, 4.69) is 11.8 Å². The van der Waals surface area contributed by atoms with Crippen LogP contribution in [0.3, 0.4) is 0 Å². The van der Waals surface area contributed by atoms with Crippen LogP contribution in [0.1, 0.15) is 45.4 Å². The molecule has 0 aromatic heterocycles. The minimum absolute atomic E-state index is 0.405. The molecule has 0 amide bonds. The van der Waals surface area contributed by atoms with Crippen LogP contribution in [0.25, 0.3) is 0 Å². The van der Waals surface area contributed by atoms with Gasteiger partial charge in [0.25, 0.3) is 0 Å². The zero-order valence-electron chi connectivity index (χ0n) is 9.17. The molecule has 2 aliphatic rings. The predicted molar refractivity (Wildman–Crippen MR) is 57.2 cm³/mol. The van der Waals surface area contributed by atoms with Gasteiger partial charge in [0, 0.05) is 18.4 Å². The topological polar surface area (TPSA) is 20.3 Å². The molecule has 0 saturated heterocycles. The van der Waals surface area contributed by atoms with Crippen molar-refractivity contribution in [3.63, 3.8) is 0 Å². The number of hydrogen-bond acceptors (Lipinski definition) is 2. The maximum atomic E-state index is 11.4. The second-order valence-corrected chi connectivity index (χ2v) is 4.70. The monoisotopic (exact) mass is 195 g/mol. The van der Waals surface area contributed by atoms with Crippen molar-refractivity contribution in [1.29, 1.82) is 0 Å². The fraction of sp³-hybridized carbons (Fsp3) is 0.917. The van der Waals surface area contributed by atoms with Gasteiger partial charge in [-0.05, 0) is 45.2 Å². The lowest BCUT2D eigenvalue weighted by molar-refractivity contribution is -0.120. The van der Waals surface area contributed by atoms with E-state index in [0.717, 1.165) is 44.8 Å². The lowest BCUT2D eigenvalue weighted by atomic mass is 10.0. The molecule has 0 N–H and O–H groups in total. The molecule has 0 bridgehead atoms. The van der Waals surface area contributed by atoms with E-state index < -0.39 is 0 Å². The molecule has 2 fully saturated rings. The van der Waals surface area contributed by atoms with E-state index in [1.807, 2.05) is 0 Å². The third kappa shape index (κ3) is 2.35. The molecule has 2 aliphatic carbocycles. The van der Waals surface area contributed by atoms with Gasteiger partial charge in [-0.1, -0.05) is 6.92 Å². The van der Waals surface area contributed by atoms with Crippen LogP contribution in [0.5, 0.6) is 0 Å². The summed E-state index contributed by atoms with van der Waals surface area (Å²) in [6.07, 6.45) is 7.02. The minimum atomic E-state index is 0.405. The van der Waals surface area contributed by atoms with Crippen LogP contribution in [0, 0.1) is 5.92 Å². The Bertz CT molecular complexity index is 210. The first-order chi connectivity index (χ1) is 6.81. The van der Waals surface area contributed by atoms with Crippen LogP contribution in [0.4, 0.5) is 0 Å². The summed E-state index contributed by atoms with van der Waals surface area (Å²) in [5.41, 5.74) is 0. The molecule has 0 aliphatic heterocycles. The van der Waals surface area contributed by atoms with Crippen LogP contribution < -0.4 is 0 Å². The molecule has 0 radical (unpaired) electrons. The Morgan fingerprint density at radius 3 is 2.64 bits per heavy atom. The van der Waals surface area contributed by atoms with Crippen molar-refractivity contribution in [2.24, 2.45) is 5.92 Å². The first-order valence-electron chi connectivity index (χ1n) is 6.08. The van der Waals surface area contributed by atoms with Crippen molar-refractivity contribution in [3.8, 4) is 0 Å². The smallest absolute Gasteiger partial charge is 0.136 e. The average molecular weight is 195 g/mol. The van der Waals surface area contributed by atoms with E-state index in [-0.39, 0.29) is 0 Å². The molecule has 0 aromatic carbocycles. The van der Waals surface area contributed by atoms with Crippen LogP contribution in [0.2, 0.25) is 0 Å². The number of carbonyl (C=O) groups excluding carboxylic acids is 1. The molecule has 0 spiro atoms. The van der Waals surface area contributed by atoms with E-state index in [1.54, 1.807) is 0 Å². The van der Waals surface area contributed by atoms with Crippen LogP contribution in [-0.2, 0) is 4.79 Å². The summed E-state index contributed by atoms with van der Waals surface area (Å²) in [6, 6.07) is 0.858. The Morgan fingerprint density at radius 1 is 1.36 bits per heavy atom. The maximum absolute atomic E-state index is 11.4. The highest BCUT2D eigenvalue weighted by Crippen LogP contribution is 2.29. The van der Waals surface area contributed by atoms with Crippen molar-refractivity contribution < 1.29 is 4.79 Å². The maximum Gasteiger partial charge on any atom is 0.136 e. The Labute approximate surface area is 86.7 Å². The second kappa shape index (κ2) is 4.43. The molecule has 14 heavy (non-hydrogen) atoms. The summed E-state index contributed by atoms with van der Waals surface area (Å²) >= 11 is 0. The first-order valence-corrected chi connectivity index (χ1v) is 6.08. The number of nitrogens with zero attached hydrogens (tertiary/aromatic N) is 1. The van der Waals surface area contributed by atoms with Gasteiger partial charge >= 0.3 is 0 Å².